The molecule has 8 nitrogen and oxygen atoms in total. The second kappa shape index (κ2) is 13.6. The van der Waals surface area contributed by atoms with E-state index in [1.807, 2.05) is 24.4 Å². The molecule has 0 radical (unpaired) electrons. The van der Waals surface area contributed by atoms with Gasteiger partial charge in [0.2, 0.25) is 0 Å². The molecule has 2 aromatic rings. The number of halogens is 1. The third-order valence-corrected chi connectivity index (χ3v) is 7.06. The van der Waals surface area contributed by atoms with Crippen LogP contribution < -0.4 is 15.4 Å². The molecular weight excluding hydrogens is 494 g/mol. The molecule has 2 heterocycles. The van der Waals surface area contributed by atoms with E-state index in [2.05, 4.69) is 35.5 Å². The number of aromatic nitrogens is 1. The highest BCUT2D eigenvalue weighted by atomic mass is 35.5. The van der Waals surface area contributed by atoms with Crippen molar-refractivity contribution in [3.05, 3.63) is 52.3 Å². The van der Waals surface area contributed by atoms with Crippen molar-refractivity contribution in [3.8, 4) is 5.75 Å². The van der Waals surface area contributed by atoms with Crippen molar-refractivity contribution in [1.82, 2.24) is 10.3 Å². The van der Waals surface area contributed by atoms with E-state index in [1.165, 1.54) is 24.0 Å². The van der Waals surface area contributed by atoms with Gasteiger partial charge in [-0.1, -0.05) is 31.5 Å². The molecule has 1 atom stereocenters. The quantitative estimate of drug-likeness (QED) is 0.361. The van der Waals surface area contributed by atoms with Crippen LogP contribution in [0.3, 0.4) is 0 Å². The molecule has 1 aromatic heterocycles. The summed E-state index contributed by atoms with van der Waals surface area (Å²) in [6, 6.07) is 8.26. The van der Waals surface area contributed by atoms with Gasteiger partial charge in [0, 0.05) is 0 Å². The van der Waals surface area contributed by atoms with Gasteiger partial charge in [0.05, 0.1) is 48.1 Å². The summed E-state index contributed by atoms with van der Waals surface area (Å²) in [6.45, 7) is 7.34. The fraction of sp³-hybridized carbons (Fsp3) is 0.536. The molecule has 1 unspecified atom stereocenters. The van der Waals surface area contributed by atoms with Crippen LogP contribution in [0.5, 0.6) is 5.75 Å². The van der Waals surface area contributed by atoms with Crippen LogP contribution >= 0.6 is 11.6 Å². The number of aliphatic carboxylic acids is 2. The summed E-state index contributed by atoms with van der Waals surface area (Å²) in [5.41, 5.74) is 5.14. The molecule has 4 N–H and O–H groups in total. The molecule has 2 aliphatic rings. The average Bonchev–Trinajstić information content (AvgIpc) is 3.09. The zero-order valence-electron chi connectivity index (χ0n) is 21.7. The lowest BCUT2D eigenvalue weighted by Crippen LogP contribution is -2.30. The van der Waals surface area contributed by atoms with Crippen LogP contribution in [0.4, 0.5) is 5.69 Å². The SMILES string of the molecule is CC1(C)CCCC(Oc2ccc(CNc3c(Cl)ccc4c3CCNCC4)nc2)C1.O=C(O)CCC(=O)O. The van der Waals surface area contributed by atoms with Crippen molar-refractivity contribution in [1.29, 1.82) is 0 Å². The Balaban J connectivity index is 0.000000414. The molecule has 202 valence electrons. The molecule has 0 bridgehead atoms. The van der Waals surface area contributed by atoms with Crippen LogP contribution in [-0.2, 0) is 29.0 Å². The maximum absolute atomic E-state index is 9.64. The summed E-state index contributed by atoms with van der Waals surface area (Å²) < 4.78 is 6.21. The average molecular weight is 532 g/mol. The molecule has 1 saturated carbocycles. The van der Waals surface area contributed by atoms with Crippen LogP contribution in [-0.4, -0.2) is 46.3 Å². The molecule has 37 heavy (non-hydrogen) atoms. The predicted molar refractivity (Wildman–Crippen MR) is 144 cm³/mol. The highest BCUT2D eigenvalue weighted by Gasteiger charge is 2.29. The van der Waals surface area contributed by atoms with E-state index < -0.39 is 11.9 Å². The predicted octanol–water partition coefficient (Wildman–Crippen LogP) is 5.32. The summed E-state index contributed by atoms with van der Waals surface area (Å²) in [7, 11) is 0. The van der Waals surface area contributed by atoms with Gasteiger partial charge in [-0.05, 0) is 86.4 Å². The first-order valence-electron chi connectivity index (χ1n) is 12.9. The summed E-state index contributed by atoms with van der Waals surface area (Å²) in [5.74, 6) is -1.28. The number of pyridine rings is 1. The van der Waals surface area contributed by atoms with E-state index in [1.54, 1.807) is 0 Å². The van der Waals surface area contributed by atoms with Crippen molar-refractivity contribution in [2.75, 3.05) is 18.4 Å². The summed E-state index contributed by atoms with van der Waals surface area (Å²) >= 11 is 6.51. The third-order valence-electron chi connectivity index (χ3n) is 6.74. The maximum atomic E-state index is 9.64. The minimum absolute atomic E-state index is 0.296. The second-order valence-corrected chi connectivity index (χ2v) is 10.8. The van der Waals surface area contributed by atoms with Gasteiger partial charge in [-0.25, -0.2) is 0 Å². The minimum atomic E-state index is -1.08. The lowest BCUT2D eigenvalue weighted by molar-refractivity contribution is -0.143. The number of carboxylic acid groups (broad SMARTS) is 2. The van der Waals surface area contributed by atoms with E-state index in [4.69, 9.17) is 26.6 Å². The summed E-state index contributed by atoms with van der Waals surface area (Å²) in [6.07, 6.45) is 8.39. The van der Waals surface area contributed by atoms with Gasteiger partial charge in [-0.15, -0.1) is 0 Å². The maximum Gasteiger partial charge on any atom is 0.303 e. The molecule has 1 fully saturated rings. The molecule has 0 amide bonds. The smallest absolute Gasteiger partial charge is 0.303 e. The number of anilines is 1. The van der Waals surface area contributed by atoms with Gasteiger partial charge in [0.15, 0.2) is 0 Å². The topological polar surface area (TPSA) is 121 Å². The summed E-state index contributed by atoms with van der Waals surface area (Å²) in [5, 5.41) is 23.6. The van der Waals surface area contributed by atoms with Crippen LogP contribution in [0.2, 0.25) is 5.02 Å². The Morgan fingerprint density at radius 3 is 2.51 bits per heavy atom. The normalized spacial score (nSPS) is 18.4. The zero-order valence-corrected chi connectivity index (χ0v) is 22.4. The number of hydrogen-bond acceptors (Lipinski definition) is 6. The Kier molecular flexibility index (Phi) is 10.6. The van der Waals surface area contributed by atoms with Gasteiger partial charge in [-0.2, -0.15) is 0 Å². The Morgan fingerprint density at radius 1 is 1.14 bits per heavy atom. The Labute approximate surface area is 223 Å². The molecule has 0 saturated heterocycles. The fourth-order valence-corrected chi connectivity index (χ4v) is 5.08. The molecular formula is C28H38ClN3O5. The zero-order chi connectivity index (χ0) is 26.8. The van der Waals surface area contributed by atoms with E-state index in [0.717, 1.165) is 60.9 Å². The number of carbonyl (C=O) groups is 2. The van der Waals surface area contributed by atoms with Crippen molar-refractivity contribution < 1.29 is 24.5 Å². The molecule has 0 spiro atoms. The first-order valence-corrected chi connectivity index (χ1v) is 13.3. The largest absolute Gasteiger partial charge is 0.489 e. The first-order chi connectivity index (χ1) is 17.6. The monoisotopic (exact) mass is 531 g/mol. The second-order valence-electron chi connectivity index (χ2n) is 10.4. The number of carboxylic acids is 2. The van der Waals surface area contributed by atoms with Gasteiger partial charge >= 0.3 is 11.9 Å². The van der Waals surface area contributed by atoms with Crippen LogP contribution in [0.25, 0.3) is 0 Å². The Morgan fingerprint density at radius 2 is 1.86 bits per heavy atom. The van der Waals surface area contributed by atoms with Crippen molar-refractivity contribution in [2.24, 2.45) is 5.41 Å². The van der Waals surface area contributed by atoms with Crippen LogP contribution in [0.15, 0.2) is 30.5 Å². The first kappa shape index (κ1) is 28.7. The van der Waals surface area contributed by atoms with E-state index >= 15 is 0 Å². The Bertz CT molecular complexity index is 1040. The number of nitrogens with zero attached hydrogens (tertiary/aromatic N) is 1. The lowest BCUT2D eigenvalue weighted by atomic mass is 9.76. The minimum Gasteiger partial charge on any atom is -0.489 e. The molecule has 1 aromatic carbocycles. The molecule has 1 aliphatic heterocycles. The highest BCUT2D eigenvalue weighted by molar-refractivity contribution is 6.33. The number of ether oxygens (including phenoxy) is 1. The van der Waals surface area contributed by atoms with Gasteiger partial charge < -0.3 is 25.6 Å². The van der Waals surface area contributed by atoms with Crippen LogP contribution in [0, 0.1) is 5.41 Å². The van der Waals surface area contributed by atoms with Gasteiger partial charge in [0.1, 0.15) is 5.75 Å². The van der Waals surface area contributed by atoms with Crippen molar-refractivity contribution in [2.45, 2.75) is 77.9 Å². The van der Waals surface area contributed by atoms with Crippen molar-refractivity contribution >= 4 is 29.2 Å². The van der Waals surface area contributed by atoms with E-state index in [9.17, 15) is 9.59 Å². The third kappa shape index (κ3) is 9.52. The standard InChI is InChI=1S/C24H32ClN3O.C4H6O4/c1-24(2)11-3-4-19(14-24)29-20-7-6-18(27-16-20)15-28-23-21-10-13-26-12-9-17(21)5-8-22(23)25;5-3(6)1-2-4(7)8/h5-8,16,19,26,28H,3-4,9-15H2,1-2H3;1-2H2,(H,5,6)(H,7,8). The van der Waals surface area contributed by atoms with Crippen molar-refractivity contribution in [3.63, 3.8) is 0 Å². The number of benzene rings is 1. The molecule has 1 aliphatic carbocycles. The number of fused-ring (bicyclic) bond motifs is 1. The number of rotatable bonds is 8. The molecule has 4 rings (SSSR count). The van der Waals surface area contributed by atoms with Gasteiger partial charge in [0.25, 0.3) is 0 Å². The van der Waals surface area contributed by atoms with Gasteiger partial charge in [-0.3, -0.25) is 14.6 Å². The molecule has 9 heteroatoms. The van der Waals surface area contributed by atoms with E-state index in [0.29, 0.717) is 18.1 Å². The Hall–Kier alpha value is -2.84. The lowest BCUT2D eigenvalue weighted by Gasteiger charge is -2.35. The fourth-order valence-electron chi connectivity index (χ4n) is 4.83. The van der Waals surface area contributed by atoms with E-state index in [-0.39, 0.29) is 12.8 Å². The number of nitrogens with one attached hydrogen (secondary N) is 2. The summed E-state index contributed by atoms with van der Waals surface area (Å²) in [4.78, 5) is 23.9. The van der Waals surface area contributed by atoms with Crippen LogP contribution in [0.1, 0.15) is 69.2 Å². The number of hydrogen-bond donors (Lipinski definition) is 4. The highest BCUT2D eigenvalue weighted by Crippen LogP contribution is 2.37.